The van der Waals surface area contributed by atoms with Gasteiger partial charge in [0.2, 0.25) is 0 Å². The van der Waals surface area contributed by atoms with Gasteiger partial charge in [-0.05, 0) is 19.3 Å². The fraction of sp³-hybridized carbons (Fsp3) is 1.00. The first-order valence-electron chi connectivity index (χ1n) is 6.10. The lowest BCUT2D eigenvalue weighted by atomic mass is 9.99. The molecule has 2 rings (SSSR count). The van der Waals surface area contributed by atoms with Gasteiger partial charge in [-0.2, -0.15) is 13.2 Å². The van der Waals surface area contributed by atoms with Gasteiger partial charge in [0.25, 0.3) is 0 Å². The minimum absolute atomic E-state index is 0.0880. The summed E-state index contributed by atoms with van der Waals surface area (Å²) in [6.07, 6.45) is -1.53. The summed E-state index contributed by atoms with van der Waals surface area (Å²) in [4.78, 5) is 1.49. The van der Waals surface area contributed by atoms with Crippen LogP contribution in [0.5, 0.6) is 0 Å². The standard InChI is InChI=1S/C11H19F3N2O/c12-11(13,14)7-16(9-1-2-9)5-10(15)8-3-4-17-6-8/h8-10H,1-7,15H2. The van der Waals surface area contributed by atoms with Crippen LogP contribution in [0.15, 0.2) is 0 Å². The van der Waals surface area contributed by atoms with E-state index in [1.165, 1.54) is 4.90 Å². The van der Waals surface area contributed by atoms with Crippen molar-refractivity contribution in [2.24, 2.45) is 11.7 Å². The van der Waals surface area contributed by atoms with Crippen LogP contribution < -0.4 is 5.73 Å². The first-order valence-corrected chi connectivity index (χ1v) is 6.10. The number of ether oxygens (including phenoxy) is 1. The van der Waals surface area contributed by atoms with Crippen molar-refractivity contribution in [2.45, 2.75) is 37.5 Å². The summed E-state index contributed by atoms with van der Waals surface area (Å²) >= 11 is 0. The molecule has 2 unspecified atom stereocenters. The van der Waals surface area contributed by atoms with Crippen LogP contribution in [0.2, 0.25) is 0 Å². The number of nitrogens with zero attached hydrogens (tertiary/aromatic N) is 1. The van der Waals surface area contributed by atoms with E-state index in [9.17, 15) is 13.2 Å². The highest BCUT2D eigenvalue weighted by molar-refractivity contribution is 4.89. The zero-order valence-corrected chi connectivity index (χ0v) is 9.75. The molecule has 1 heterocycles. The van der Waals surface area contributed by atoms with E-state index >= 15 is 0 Å². The summed E-state index contributed by atoms with van der Waals surface area (Å²) in [7, 11) is 0. The van der Waals surface area contributed by atoms with Gasteiger partial charge in [-0.15, -0.1) is 0 Å². The average Bonchev–Trinajstić information content (AvgIpc) is 2.90. The van der Waals surface area contributed by atoms with E-state index in [1.807, 2.05) is 0 Å². The van der Waals surface area contributed by atoms with Crippen LogP contribution in [0.1, 0.15) is 19.3 Å². The predicted octanol–water partition coefficient (Wildman–Crippen LogP) is 1.38. The number of rotatable bonds is 5. The quantitative estimate of drug-likeness (QED) is 0.803. The molecule has 2 aliphatic rings. The van der Waals surface area contributed by atoms with Gasteiger partial charge in [0.05, 0.1) is 13.2 Å². The molecule has 0 aromatic rings. The third kappa shape index (κ3) is 4.12. The number of alkyl halides is 3. The molecular weight excluding hydrogens is 233 g/mol. The van der Waals surface area contributed by atoms with E-state index < -0.39 is 12.7 Å². The molecule has 17 heavy (non-hydrogen) atoms. The Hall–Kier alpha value is -0.330. The van der Waals surface area contributed by atoms with E-state index in [0.717, 1.165) is 19.3 Å². The monoisotopic (exact) mass is 252 g/mol. The Morgan fingerprint density at radius 2 is 2.00 bits per heavy atom. The van der Waals surface area contributed by atoms with Gasteiger partial charge in [0.1, 0.15) is 0 Å². The molecular formula is C11H19F3N2O. The fourth-order valence-corrected chi connectivity index (χ4v) is 2.32. The molecule has 1 aliphatic heterocycles. The van der Waals surface area contributed by atoms with Gasteiger partial charge in [0, 0.05) is 31.2 Å². The highest BCUT2D eigenvalue weighted by Crippen LogP contribution is 2.31. The third-order valence-corrected chi connectivity index (χ3v) is 3.46. The number of hydrogen-bond donors (Lipinski definition) is 1. The zero-order chi connectivity index (χ0) is 12.5. The van der Waals surface area contributed by atoms with Crippen LogP contribution in [-0.2, 0) is 4.74 Å². The number of halogens is 3. The summed E-state index contributed by atoms with van der Waals surface area (Å²) in [6, 6.07) is -0.120. The first kappa shape index (κ1) is 13.1. The van der Waals surface area contributed by atoms with Crippen molar-refractivity contribution in [3.63, 3.8) is 0 Å². The summed E-state index contributed by atoms with van der Waals surface area (Å²) in [5.41, 5.74) is 5.98. The molecule has 0 amide bonds. The van der Waals surface area contributed by atoms with Crippen LogP contribution in [0.4, 0.5) is 13.2 Å². The third-order valence-electron chi connectivity index (χ3n) is 3.46. The van der Waals surface area contributed by atoms with Crippen LogP contribution in [0, 0.1) is 5.92 Å². The number of nitrogens with two attached hydrogens (primary N) is 1. The van der Waals surface area contributed by atoms with E-state index in [1.54, 1.807) is 0 Å². The second-order valence-corrected chi connectivity index (χ2v) is 5.06. The second-order valence-electron chi connectivity index (χ2n) is 5.06. The minimum atomic E-state index is -4.13. The predicted molar refractivity (Wildman–Crippen MR) is 57.6 cm³/mol. The Labute approximate surface area is 99.1 Å². The van der Waals surface area contributed by atoms with Crippen molar-refractivity contribution in [1.29, 1.82) is 0 Å². The summed E-state index contributed by atoms with van der Waals surface area (Å²) in [5, 5.41) is 0. The number of hydrogen-bond acceptors (Lipinski definition) is 3. The van der Waals surface area contributed by atoms with Crippen LogP contribution in [0.3, 0.4) is 0 Å². The van der Waals surface area contributed by atoms with Crippen molar-refractivity contribution in [3.8, 4) is 0 Å². The Bertz CT molecular complexity index is 250. The van der Waals surface area contributed by atoms with Crippen molar-refractivity contribution < 1.29 is 17.9 Å². The molecule has 0 radical (unpaired) electrons. The average molecular weight is 252 g/mol. The Kier molecular flexibility index (Phi) is 3.95. The molecule has 0 aromatic carbocycles. The lowest BCUT2D eigenvalue weighted by molar-refractivity contribution is -0.148. The molecule has 1 aliphatic carbocycles. The molecule has 3 nitrogen and oxygen atoms in total. The molecule has 2 N–H and O–H groups in total. The fourth-order valence-electron chi connectivity index (χ4n) is 2.32. The first-order chi connectivity index (χ1) is 7.96. The van der Waals surface area contributed by atoms with Crippen molar-refractivity contribution >= 4 is 0 Å². The molecule has 1 saturated carbocycles. The van der Waals surface area contributed by atoms with Gasteiger partial charge >= 0.3 is 6.18 Å². The zero-order valence-electron chi connectivity index (χ0n) is 9.75. The minimum Gasteiger partial charge on any atom is -0.381 e. The molecule has 100 valence electrons. The summed E-state index contributed by atoms with van der Waals surface area (Å²) < 4.78 is 42.5. The van der Waals surface area contributed by atoms with Gasteiger partial charge in [-0.25, -0.2) is 0 Å². The molecule has 6 heteroatoms. The highest BCUT2D eigenvalue weighted by Gasteiger charge is 2.39. The van der Waals surface area contributed by atoms with Gasteiger partial charge < -0.3 is 10.5 Å². The highest BCUT2D eigenvalue weighted by atomic mass is 19.4. The lowest BCUT2D eigenvalue weighted by Gasteiger charge is -2.28. The maximum Gasteiger partial charge on any atom is 0.401 e. The maximum absolute atomic E-state index is 12.4. The lowest BCUT2D eigenvalue weighted by Crippen LogP contribution is -2.46. The largest absolute Gasteiger partial charge is 0.401 e. The van der Waals surface area contributed by atoms with E-state index in [2.05, 4.69) is 0 Å². The van der Waals surface area contributed by atoms with E-state index in [-0.39, 0.29) is 18.0 Å². The molecule has 2 fully saturated rings. The maximum atomic E-state index is 12.4. The second kappa shape index (κ2) is 5.12. The van der Waals surface area contributed by atoms with E-state index in [0.29, 0.717) is 19.8 Å². The van der Waals surface area contributed by atoms with Crippen LogP contribution >= 0.6 is 0 Å². The van der Waals surface area contributed by atoms with Gasteiger partial charge in [-0.1, -0.05) is 0 Å². The van der Waals surface area contributed by atoms with Gasteiger partial charge in [-0.3, -0.25) is 4.90 Å². The summed E-state index contributed by atoms with van der Waals surface area (Å²) in [5.74, 6) is 0.212. The molecule has 0 bridgehead atoms. The summed E-state index contributed by atoms with van der Waals surface area (Å²) in [6.45, 7) is 0.768. The van der Waals surface area contributed by atoms with Crippen LogP contribution in [-0.4, -0.2) is 49.5 Å². The van der Waals surface area contributed by atoms with Gasteiger partial charge in [0.15, 0.2) is 0 Å². The van der Waals surface area contributed by atoms with Crippen LogP contribution in [0.25, 0.3) is 0 Å². The van der Waals surface area contributed by atoms with Crippen molar-refractivity contribution in [2.75, 3.05) is 26.3 Å². The smallest absolute Gasteiger partial charge is 0.381 e. The van der Waals surface area contributed by atoms with Crippen molar-refractivity contribution in [1.82, 2.24) is 4.90 Å². The molecule has 1 saturated heterocycles. The molecule has 0 aromatic heterocycles. The Morgan fingerprint density at radius 3 is 2.47 bits per heavy atom. The van der Waals surface area contributed by atoms with Crippen molar-refractivity contribution in [3.05, 3.63) is 0 Å². The SMILES string of the molecule is NC(CN(CC(F)(F)F)C1CC1)C1CCOC1. The molecule has 0 spiro atoms. The normalized spacial score (nSPS) is 27.7. The Balaban J connectivity index is 1.84. The topological polar surface area (TPSA) is 38.5 Å². The molecule has 2 atom stereocenters. The Morgan fingerprint density at radius 1 is 1.29 bits per heavy atom. The van der Waals surface area contributed by atoms with E-state index in [4.69, 9.17) is 10.5 Å².